The third-order valence-corrected chi connectivity index (χ3v) is 2.35. The summed E-state index contributed by atoms with van der Waals surface area (Å²) in [5.74, 6) is -20.6. The van der Waals surface area contributed by atoms with Crippen LogP contribution in [-0.4, -0.2) is 194 Å². The van der Waals surface area contributed by atoms with Crippen LogP contribution in [0, 0.1) is 11.8 Å². The van der Waals surface area contributed by atoms with Crippen molar-refractivity contribution in [1.29, 1.82) is 0 Å². The molecule has 0 fully saturated rings. The molecule has 0 aromatic rings. The molecule has 17 heteroatoms. The first-order valence-corrected chi connectivity index (χ1v) is 6.04. The van der Waals surface area contributed by atoms with Gasteiger partial charge in [0.1, 0.15) is 11.9 Å². The molecule has 0 aliphatic carbocycles. The molecule has 0 rings (SSSR count). The first-order valence-electron chi connectivity index (χ1n) is 6.04. The van der Waals surface area contributed by atoms with E-state index in [1.54, 1.807) is 0 Å². The summed E-state index contributed by atoms with van der Waals surface area (Å²) in [4.78, 5) is 80.5. The molecule has 0 radical (unpaired) electrons. The molecule has 0 aromatic carbocycles. The van der Waals surface area contributed by atoms with Crippen LogP contribution in [0.2, 0.25) is 0 Å². The van der Waals surface area contributed by atoms with Gasteiger partial charge in [0.15, 0.2) is 11.6 Å². The van der Waals surface area contributed by atoms with Crippen LogP contribution in [-0.2, 0) is 38.4 Å². The molecule has 2 unspecified atom stereocenters. The monoisotopic (exact) mass is 788 g/mol. The van der Waals surface area contributed by atoms with Gasteiger partial charge in [0.25, 0.3) is 0 Å². The number of Topliss-reactive ketones (excluding diaryl/α,β-unsaturated/α-hetero) is 2. The number of hydrogen-bond acceptors (Lipinski definition) is 14. The molecule has 0 saturated heterocycles. The molecule has 0 amide bonds. The molecule has 0 aliphatic heterocycles. The Labute approximate surface area is 282 Å². The van der Waals surface area contributed by atoms with Gasteiger partial charge >= 0.3 is 147 Å². The van der Waals surface area contributed by atoms with Crippen molar-refractivity contribution in [2.75, 3.05) is 0 Å². The van der Waals surface area contributed by atoms with Gasteiger partial charge in [-0.05, 0) is 0 Å². The van der Waals surface area contributed by atoms with Crippen LogP contribution in [0.15, 0.2) is 0 Å². The average molecular weight is 786 g/mol. The van der Waals surface area contributed by atoms with Crippen molar-refractivity contribution in [2.45, 2.75) is 12.8 Å². The van der Waals surface area contributed by atoms with Crippen molar-refractivity contribution in [1.82, 2.24) is 0 Å². The van der Waals surface area contributed by atoms with Crippen LogP contribution in [0.1, 0.15) is 12.8 Å². The second-order valence-corrected chi connectivity index (χ2v) is 4.20. The van der Waals surface area contributed by atoms with Gasteiger partial charge in [-0.3, -0.25) is 9.59 Å². The summed E-state index contributed by atoms with van der Waals surface area (Å²) in [6.45, 7) is 0. The number of carbonyl (C=O) groups excluding carboxylic acids is 8. The van der Waals surface area contributed by atoms with Crippen LogP contribution in [0.4, 0.5) is 0 Å². The summed E-state index contributed by atoms with van der Waals surface area (Å²) >= 11 is 0. The van der Waals surface area contributed by atoms with Gasteiger partial charge in [0.2, 0.25) is 0 Å². The van der Waals surface area contributed by atoms with Crippen LogP contribution in [0.5, 0.6) is 0 Å². The van der Waals surface area contributed by atoms with E-state index < -0.39 is 72.1 Å². The Morgan fingerprint density at radius 2 is 0.690 bits per heavy atom. The third-order valence-electron chi connectivity index (χ3n) is 2.35. The van der Waals surface area contributed by atoms with Crippen molar-refractivity contribution in [3.8, 4) is 0 Å². The molecule has 0 aromatic heterocycles. The van der Waals surface area contributed by atoms with E-state index in [4.69, 9.17) is 0 Å². The first kappa shape index (κ1) is 40.3. The van der Waals surface area contributed by atoms with Crippen LogP contribution >= 0.6 is 0 Å². The Bertz CT molecular complexity index is 602. The average Bonchev–Trinajstić information content (AvgIpc) is 2.48. The van der Waals surface area contributed by atoms with Gasteiger partial charge in [0, 0.05) is 24.8 Å². The molecule has 0 heterocycles. The number of ketones is 2. The minimum Gasteiger partial charge on any atom is -0.550 e. The summed E-state index contributed by atoms with van der Waals surface area (Å²) in [7, 11) is 0. The summed E-state index contributed by atoms with van der Waals surface area (Å²) < 4.78 is 0. The first-order chi connectivity index (χ1) is 11.7. The van der Waals surface area contributed by atoms with Gasteiger partial charge in [-0.15, -0.1) is 0 Å². The van der Waals surface area contributed by atoms with Crippen LogP contribution in [0.3, 0.4) is 0 Å². The summed E-state index contributed by atoms with van der Waals surface area (Å²) in [5.41, 5.74) is 0. The maximum atomic E-state index is 10.4. The van der Waals surface area contributed by atoms with E-state index >= 15 is 0 Å². The largest absolute Gasteiger partial charge is 2.00 e. The van der Waals surface area contributed by atoms with E-state index in [0.717, 1.165) is 0 Å². The minimum absolute atomic E-state index is 0. The van der Waals surface area contributed by atoms with Crippen LogP contribution in [0.25, 0.3) is 0 Å². The van der Waals surface area contributed by atoms with Crippen molar-refractivity contribution >= 4 is 194 Å². The third kappa shape index (κ3) is 19.3. The number of carboxylic acid groups (broad SMARTS) is 6. The van der Waals surface area contributed by atoms with Gasteiger partial charge in [-0.2, -0.15) is 0 Å². The topological polar surface area (TPSA) is 275 Å². The second-order valence-electron chi connectivity index (χ2n) is 4.20. The molecule has 29 heavy (non-hydrogen) atoms. The molecule has 144 valence electrons. The predicted molar refractivity (Wildman–Crippen MR) is 73.5 cm³/mol. The van der Waals surface area contributed by atoms with Gasteiger partial charge in [-0.25, -0.2) is 0 Å². The second kappa shape index (κ2) is 20.8. The fourth-order valence-electron chi connectivity index (χ4n) is 1.18. The molecule has 2 atom stereocenters. The SMILES string of the molecule is O=C([O-])CC(C(=O)[O-])C(=O)C(=O)[O-].O=C([O-])CC(C(=O)[O-])C(=O)C(=O)[O-].[Ba+2].[Ba+2].[Ba+2]. The van der Waals surface area contributed by atoms with Crippen LogP contribution < -0.4 is 30.6 Å². The molecule has 0 spiro atoms. The quantitative estimate of drug-likeness (QED) is 0.113. The summed E-state index contributed by atoms with van der Waals surface area (Å²) in [5, 5.41) is 59.6. The maximum Gasteiger partial charge on any atom is 2.00 e. The van der Waals surface area contributed by atoms with Crippen molar-refractivity contribution in [3.63, 3.8) is 0 Å². The number of aliphatic carboxylic acids is 6. The molecular weight excluding hydrogens is 780 g/mol. The Balaban J connectivity index is -0.000000120. The van der Waals surface area contributed by atoms with Crippen molar-refractivity contribution in [3.05, 3.63) is 0 Å². The number of carboxylic acids is 6. The zero-order chi connectivity index (χ0) is 21.2. The van der Waals surface area contributed by atoms with E-state index in [0.29, 0.717) is 0 Å². The normalized spacial score (nSPS) is 10.5. The number of rotatable bonds is 10. The smallest absolute Gasteiger partial charge is 0.550 e. The van der Waals surface area contributed by atoms with E-state index in [-0.39, 0.29) is 147 Å². The van der Waals surface area contributed by atoms with Crippen molar-refractivity contribution in [2.24, 2.45) is 11.8 Å². The zero-order valence-corrected chi connectivity index (χ0v) is 27.7. The zero-order valence-electron chi connectivity index (χ0n) is 14.4. The Kier molecular flexibility index (Phi) is 28.8. The summed E-state index contributed by atoms with van der Waals surface area (Å²) in [6, 6.07) is 0. The molecular formula is C12H6Ba3O14. The van der Waals surface area contributed by atoms with Gasteiger partial charge in [0.05, 0.1) is 23.8 Å². The Morgan fingerprint density at radius 3 is 0.793 bits per heavy atom. The van der Waals surface area contributed by atoms with Crippen molar-refractivity contribution < 1.29 is 69.0 Å². The Hall–Kier alpha value is 0.874. The molecule has 14 nitrogen and oxygen atoms in total. The predicted octanol–water partition coefficient (Wildman–Crippen LogP) is -11.5. The minimum atomic E-state index is -2.27. The summed E-state index contributed by atoms with van der Waals surface area (Å²) in [6.07, 6.45) is -2.48. The maximum absolute atomic E-state index is 10.4. The van der Waals surface area contributed by atoms with Gasteiger partial charge in [-0.1, -0.05) is 0 Å². The standard InChI is InChI=1S/2C6H6O7.3Ba/c2*7-3(8)1-2(5(10)11)4(9)6(12)13;;;/h2*2H,1H2,(H,7,8)(H,10,11)(H,12,13);;;/q;;3*+2/p-6. The molecule has 0 bridgehead atoms. The van der Waals surface area contributed by atoms with E-state index in [2.05, 4.69) is 0 Å². The molecule has 0 N–H and O–H groups in total. The fourth-order valence-corrected chi connectivity index (χ4v) is 1.18. The number of carbonyl (C=O) groups is 8. The number of hydrogen-bond donors (Lipinski definition) is 0. The van der Waals surface area contributed by atoms with E-state index in [9.17, 15) is 69.0 Å². The van der Waals surface area contributed by atoms with E-state index in [1.165, 1.54) is 0 Å². The Morgan fingerprint density at radius 1 is 0.483 bits per heavy atom. The van der Waals surface area contributed by atoms with Gasteiger partial charge < -0.3 is 59.4 Å². The molecule has 0 aliphatic rings. The molecule has 0 saturated carbocycles. The fraction of sp³-hybridized carbons (Fsp3) is 0.333. The van der Waals surface area contributed by atoms with E-state index in [1.807, 2.05) is 0 Å².